The second-order valence-electron chi connectivity index (χ2n) is 3.22. The molecule has 0 unspecified atom stereocenters. The quantitative estimate of drug-likeness (QED) is 0.712. The molecule has 0 aliphatic carbocycles. The van der Waals surface area contributed by atoms with E-state index in [1.54, 1.807) is 0 Å². The Balaban J connectivity index is 2.80. The minimum Gasteiger partial charge on any atom is -0.395 e. The molecule has 0 amide bonds. The van der Waals surface area contributed by atoms with Gasteiger partial charge in [0.25, 0.3) is 0 Å². The van der Waals surface area contributed by atoms with Crippen molar-refractivity contribution in [3.63, 3.8) is 0 Å². The highest BCUT2D eigenvalue weighted by atomic mass is 16.2. The lowest BCUT2D eigenvalue weighted by Gasteiger charge is -2.11. The highest BCUT2D eigenvalue weighted by Gasteiger charge is 1.94. The van der Waals surface area contributed by atoms with Crippen LogP contribution in [0.1, 0.15) is 12.0 Å². The summed E-state index contributed by atoms with van der Waals surface area (Å²) in [6.45, 7) is 0.125. The lowest BCUT2D eigenvalue weighted by atomic mass is 10.2. The Kier molecular flexibility index (Phi) is 4.03. The van der Waals surface area contributed by atoms with Crippen LogP contribution in [-0.4, -0.2) is 25.8 Å². The van der Waals surface area contributed by atoms with Crippen LogP contribution in [0.4, 0.5) is 5.69 Å². The molecule has 1 rings (SSSR count). The topological polar surface area (TPSA) is 23.5 Å². The van der Waals surface area contributed by atoms with Gasteiger partial charge in [0.1, 0.15) is 0 Å². The monoisotopic (exact) mass is 189 g/mol. The van der Waals surface area contributed by atoms with Gasteiger partial charge in [-0.1, -0.05) is 17.9 Å². The zero-order chi connectivity index (χ0) is 10.4. The van der Waals surface area contributed by atoms with Crippen molar-refractivity contribution < 1.29 is 5.11 Å². The van der Waals surface area contributed by atoms with Crippen molar-refractivity contribution in [2.45, 2.75) is 6.42 Å². The van der Waals surface area contributed by atoms with Gasteiger partial charge < -0.3 is 10.0 Å². The molecule has 1 aromatic rings. The normalized spacial score (nSPS) is 9.07. The molecule has 0 saturated carbocycles. The van der Waals surface area contributed by atoms with E-state index in [1.807, 2.05) is 43.3 Å². The maximum atomic E-state index is 8.58. The third-order valence-electron chi connectivity index (χ3n) is 1.83. The Morgan fingerprint density at radius 2 is 2.14 bits per heavy atom. The standard InChI is InChI=1S/C12H15NO/c1-13(2)12-8-5-7-11(10-12)6-3-4-9-14/h5,7-8,10,14H,4,9H2,1-2H3. The fourth-order valence-electron chi connectivity index (χ4n) is 1.08. The Hall–Kier alpha value is -1.46. The number of rotatable bonds is 2. The molecule has 0 aliphatic rings. The van der Waals surface area contributed by atoms with Crippen LogP contribution in [-0.2, 0) is 0 Å². The zero-order valence-electron chi connectivity index (χ0n) is 8.62. The number of nitrogens with zero attached hydrogens (tertiary/aromatic N) is 1. The predicted molar refractivity (Wildman–Crippen MR) is 59.3 cm³/mol. The van der Waals surface area contributed by atoms with Crippen molar-refractivity contribution in [2.24, 2.45) is 0 Å². The molecule has 0 saturated heterocycles. The second kappa shape index (κ2) is 5.31. The van der Waals surface area contributed by atoms with Crippen LogP contribution in [0, 0.1) is 11.8 Å². The third-order valence-corrected chi connectivity index (χ3v) is 1.83. The van der Waals surface area contributed by atoms with Crippen LogP contribution < -0.4 is 4.90 Å². The molecule has 2 heteroatoms. The molecule has 1 N–H and O–H groups in total. The first-order valence-corrected chi connectivity index (χ1v) is 4.61. The number of hydrogen-bond acceptors (Lipinski definition) is 2. The van der Waals surface area contributed by atoms with E-state index < -0.39 is 0 Å². The van der Waals surface area contributed by atoms with Crippen LogP contribution in [0.25, 0.3) is 0 Å². The van der Waals surface area contributed by atoms with Crippen molar-refractivity contribution in [3.05, 3.63) is 29.8 Å². The highest BCUT2D eigenvalue weighted by Crippen LogP contribution is 2.12. The van der Waals surface area contributed by atoms with Crippen molar-refractivity contribution in [3.8, 4) is 11.8 Å². The van der Waals surface area contributed by atoms with Crippen LogP contribution in [0.5, 0.6) is 0 Å². The van der Waals surface area contributed by atoms with Crippen molar-refractivity contribution in [1.82, 2.24) is 0 Å². The van der Waals surface area contributed by atoms with Gasteiger partial charge in [0.05, 0.1) is 6.61 Å². The maximum Gasteiger partial charge on any atom is 0.0540 e. The Morgan fingerprint density at radius 3 is 2.79 bits per heavy atom. The van der Waals surface area contributed by atoms with Gasteiger partial charge in [0.15, 0.2) is 0 Å². The molecule has 0 bridgehead atoms. The van der Waals surface area contributed by atoms with Gasteiger partial charge in [-0.05, 0) is 18.2 Å². The second-order valence-corrected chi connectivity index (χ2v) is 3.22. The van der Waals surface area contributed by atoms with Crippen molar-refractivity contribution in [2.75, 3.05) is 25.6 Å². The zero-order valence-corrected chi connectivity index (χ0v) is 8.62. The predicted octanol–water partition coefficient (Wildman–Crippen LogP) is 1.49. The van der Waals surface area contributed by atoms with Gasteiger partial charge in [0, 0.05) is 31.8 Å². The van der Waals surface area contributed by atoms with E-state index >= 15 is 0 Å². The lowest BCUT2D eigenvalue weighted by molar-refractivity contribution is 0.305. The van der Waals surface area contributed by atoms with Gasteiger partial charge in [-0.2, -0.15) is 0 Å². The number of anilines is 1. The first-order chi connectivity index (χ1) is 6.74. The molecule has 2 nitrogen and oxygen atoms in total. The molecule has 0 spiro atoms. The number of benzene rings is 1. The molecule has 14 heavy (non-hydrogen) atoms. The minimum atomic E-state index is 0.125. The van der Waals surface area contributed by atoms with Crippen LogP contribution in [0.3, 0.4) is 0 Å². The molecule has 0 atom stereocenters. The molecule has 0 heterocycles. The van der Waals surface area contributed by atoms with E-state index in [0.29, 0.717) is 6.42 Å². The summed E-state index contributed by atoms with van der Waals surface area (Å²) >= 11 is 0. The molecule has 0 radical (unpaired) electrons. The average Bonchev–Trinajstić information content (AvgIpc) is 2.19. The van der Waals surface area contributed by atoms with Gasteiger partial charge in [-0.25, -0.2) is 0 Å². The van der Waals surface area contributed by atoms with E-state index in [-0.39, 0.29) is 6.61 Å². The fraction of sp³-hybridized carbons (Fsp3) is 0.333. The highest BCUT2D eigenvalue weighted by molar-refractivity contribution is 5.51. The summed E-state index contributed by atoms with van der Waals surface area (Å²) in [7, 11) is 4.00. The Labute approximate surface area is 85.2 Å². The lowest BCUT2D eigenvalue weighted by Crippen LogP contribution is -2.08. The molecule has 0 aliphatic heterocycles. The van der Waals surface area contributed by atoms with E-state index in [4.69, 9.17) is 5.11 Å². The molecule has 0 fully saturated rings. The number of hydrogen-bond donors (Lipinski definition) is 1. The molecule has 1 aromatic carbocycles. The molecular weight excluding hydrogens is 174 g/mol. The summed E-state index contributed by atoms with van der Waals surface area (Å²) in [6, 6.07) is 8.03. The summed E-state index contributed by atoms with van der Waals surface area (Å²) in [6.07, 6.45) is 0.534. The van der Waals surface area contributed by atoms with Crippen LogP contribution >= 0.6 is 0 Å². The number of aliphatic hydroxyl groups excluding tert-OH is 1. The Morgan fingerprint density at radius 1 is 1.36 bits per heavy atom. The van der Waals surface area contributed by atoms with Crippen molar-refractivity contribution >= 4 is 5.69 Å². The van der Waals surface area contributed by atoms with Gasteiger partial charge in [-0.15, -0.1) is 0 Å². The fourth-order valence-corrected chi connectivity index (χ4v) is 1.08. The third kappa shape index (κ3) is 3.12. The van der Waals surface area contributed by atoms with Crippen LogP contribution in [0.2, 0.25) is 0 Å². The molecule has 74 valence electrons. The van der Waals surface area contributed by atoms with Crippen LogP contribution in [0.15, 0.2) is 24.3 Å². The van der Waals surface area contributed by atoms with E-state index in [9.17, 15) is 0 Å². The van der Waals surface area contributed by atoms with E-state index in [0.717, 1.165) is 11.3 Å². The summed E-state index contributed by atoms with van der Waals surface area (Å²) in [4.78, 5) is 2.04. The average molecular weight is 189 g/mol. The summed E-state index contributed by atoms with van der Waals surface area (Å²) in [5.41, 5.74) is 2.13. The minimum absolute atomic E-state index is 0.125. The van der Waals surface area contributed by atoms with Crippen molar-refractivity contribution in [1.29, 1.82) is 0 Å². The van der Waals surface area contributed by atoms with Gasteiger partial charge in [0.2, 0.25) is 0 Å². The SMILES string of the molecule is CN(C)c1cccc(C#CCCO)c1. The summed E-state index contributed by atoms with van der Waals surface area (Å²) in [5, 5.41) is 8.58. The summed E-state index contributed by atoms with van der Waals surface area (Å²) < 4.78 is 0. The molecular formula is C12H15NO. The van der Waals surface area contributed by atoms with E-state index in [2.05, 4.69) is 11.8 Å². The number of aliphatic hydroxyl groups is 1. The maximum absolute atomic E-state index is 8.58. The first kappa shape index (κ1) is 10.6. The molecule has 0 aromatic heterocycles. The largest absolute Gasteiger partial charge is 0.395 e. The first-order valence-electron chi connectivity index (χ1n) is 4.61. The van der Waals surface area contributed by atoms with Gasteiger partial charge >= 0.3 is 0 Å². The smallest absolute Gasteiger partial charge is 0.0540 e. The van der Waals surface area contributed by atoms with Gasteiger partial charge in [-0.3, -0.25) is 0 Å². The summed E-state index contributed by atoms with van der Waals surface area (Å²) in [5.74, 6) is 5.90. The Bertz CT molecular complexity index is 347. The van der Waals surface area contributed by atoms with E-state index in [1.165, 1.54) is 0 Å².